The van der Waals surface area contributed by atoms with Gasteiger partial charge in [0.05, 0.1) is 107 Å². The zero-order chi connectivity index (χ0) is 95.6. The number of nitrogens with two attached hydrogens (primary N) is 3. The first kappa shape index (κ1) is 103. The Hall–Kier alpha value is -10.1. The molecule has 2 bridgehead atoms. The summed E-state index contributed by atoms with van der Waals surface area (Å²) < 4.78 is 91.3. The van der Waals surface area contributed by atoms with Crippen LogP contribution in [0.15, 0.2) is 119 Å². The molecule has 2 amide bonds. The number of carbonyl (C=O) groups is 6. The third-order valence-electron chi connectivity index (χ3n) is 25.9. The summed E-state index contributed by atoms with van der Waals surface area (Å²) in [5.41, 5.74) is 26.4. The third kappa shape index (κ3) is 28.1. The lowest BCUT2D eigenvalue weighted by molar-refractivity contribution is -0.265. The molecule has 730 valence electrons. The Balaban J connectivity index is 0.536. The zero-order valence-corrected chi connectivity index (χ0v) is 78.9. The quantitative estimate of drug-likeness (QED) is 0.00883. The normalized spacial score (nSPS) is 26.1. The lowest BCUT2D eigenvalue weighted by Crippen LogP contribution is -2.61. The van der Waals surface area contributed by atoms with Crippen LogP contribution in [0.25, 0.3) is 44.5 Å². The number of fused-ring (bicyclic) bond motifs is 5. The molecule has 4 aliphatic heterocycles. The van der Waals surface area contributed by atoms with Crippen molar-refractivity contribution in [2.75, 3.05) is 128 Å². The molecule has 38 nitrogen and oxygen atoms in total. The van der Waals surface area contributed by atoms with E-state index in [1.54, 1.807) is 69.0 Å². The molecule has 12 rings (SSSR count). The van der Waals surface area contributed by atoms with Gasteiger partial charge in [0.15, 0.2) is 17.0 Å². The van der Waals surface area contributed by atoms with Crippen molar-refractivity contribution >= 4 is 85.1 Å². The molecule has 5 aromatic heterocycles. The maximum Gasteiger partial charge on any atom is 0.329 e. The molecule has 1 aliphatic carbocycles. The van der Waals surface area contributed by atoms with Gasteiger partial charge in [-0.2, -0.15) is 14.4 Å². The molecular formula is C95H133N17O21S. The number of allylic oxidation sites excluding steroid dienone is 6. The van der Waals surface area contributed by atoms with Gasteiger partial charge >= 0.3 is 5.97 Å². The van der Waals surface area contributed by atoms with Crippen molar-refractivity contribution in [3.8, 4) is 22.4 Å². The Kier molecular flexibility index (Phi) is 38.0. The van der Waals surface area contributed by atoms with Gasteiger partial charge in [-0.25, -0.2) is 42.5 Å². The van der Waals surface area contributed by atoms with E-state index >= 15 is 0 Å². The van der Waals surface area contributed by atoms with Crippen LogP contribution in [0.1, 0.15) is 149 Å². The number of esters is 1. The summed E-state index contributed by atoms with van der Waals surface area (Å²) in [7, 11) is -0.460. The Morgan fingerprint density at radius 3 is 2.25 bits per heavy atom. The summed E-state index contributed by atoms with van der Waals surface area (Å²) in [6.45, 7) is 16.1. The maximum atomic E-state index is 14.8. The number of hydrogen-bond acceptors (Lipinski definition) is 33. The monoisotopic (exact) mass is 1880 g/mol. The number of aliphatic hydroxyl groups excluding tert-OH is 2. The molecule has 4 fully saturated rings. The number of methoxy groups -OCH3 is 2. The maximum absolute atomic E-state index is 14.8. The summed E-state index contributed by atoms with van der Waals surface area (Å²) >= 11 is 0. The summed E-state index contributed by atoms with van der Waals surface area (Å²) in [5, 5.41) is 51.6. The number of carbonyl (C=O) groups excluding carboxylic acids is 6. The number of ketones is 3. The minimum Gasteiger partial charge on any atom is -0.459 e. The summed E-state index contributed by atoms with van der Waals surface area (Å²) in [4.78, 5) is 110. The second kappa shape index (κ2) is 49.6. The van der Waals surface area contributed by atoms with Crippen molar-refractivity contribution in [2.24, 2.45) is 35.3 Å². The number of sulfonamides is 1. The van der Waals surface area contributed by atoms with E-state index in [0.717, 1.165) is 39.1 Å². The van der Waals surface area contributed by atoms with Crippen molar-refractivity contribution < 1.29 is 99.6 Å². The van der Waals surface area contributed by atoms with Gasteiger partial charge in [-0.1, -0.05) is 87.6 Å². The van der Waals surface area contributed by atoms with Gasteiger partial charge in [0, 0.05) is 139 Å². The van der Waals surface area contributed by atoms with Crippen molar-refractivity contribution in [1.29, 1.82) is 0 Å². The van der Waals surface area contributed by atoms with E-state index in [2.05, 4.69) is 30.6 Å². The lowest BCUT2D eigenvalue weighted by Gasteiger charge is -2.42. The number of piperazine rings is 1. The molecule has 2 aromatic carbocycles. The topological polar surface area (TPSA) is 506 Å². The number of aromatic nitrogens is 10. The first-order chi connectivity index (χ1) is 64.5. The summed E-state index contributed by atoms with van der Waals surface area (Å²) in [6.07, 6.45) is 17.0. The minimum absolute atomic E-state index is 0.00697. The van der Waals surface area contributed by atoms with Crippen molar-refractivity contribution in [3.05, 3.63) is 126 Å². The Morgan fingerprint density at radius 1 is 0.754 bits per heavy atom. The first-order valence-electron chi connectivity index (χ1n) is 46.7. The van der Waals surface area contributed by atoms with Crippen LogP contribution in [-0.2, 0) is 108 Å². The first-order valence-corrected chi connectivity index (χ1v) is 48.3. The van der Waals surface area contributed by atoms with Crippen molar-refractivity contribution in [2.45, 2.75) is 225 Å². The number of aryl methyl sites for hydroxylation is 2. The molecule has 5 aliphatic rings. The minimum atomic E-state index is -3.63. The highest BCUT2D eigenvalue weighted by Gasteiger charge is 2.53. The number of cyclic esters (lactones) is 1. The van der Waals surface area contributed by atoms with Gasteiger partial charge in [0.1, 0.15) is 53.5 Å². The SMILES string of the molecule is CO[C@H]1C[C@@H]2CC[C@@H](C)[C@@](O)(O2)C(=O)C(=O)N2CCCC[C@H]2C(=O)O[C@H]([C@H](N)C[C@@H]2CC[C@@H](OCc3cccc(-c4cnc(N5CCN(S(=O)(=O)CCc6cn(CCOCCOCCOCCOCCC(=O)NCCCCn7nc(-c8ccc9oc(N)nc9c8)c8c(N)ncnc87)nn6)CC5)nc4)c3)[C@H](OC)C2)CC(=O)[C@H](C)/C=C(\C)[C@@H](O)[C@@H](O)C(=O)[C@H](C)C[C@H](C)/C=C/C=CC=C1C. The number of nitrogen functional groups attached to an aromatic ring is 2. The number of amides is 2. The Morgan fingerprint density at radius 2 is 1.50 bits per heavy atom. The predicted molar refractivity (Wildman–Crippen MR) is 498 cm³/mol. The largest absolute Gasteiger partial charge is 0.459 e. The number of Topliss-reactive ketones (excluding diaryl/α,β-unsaturated/α-hetero) is 3. The number of nitrogens with one attached hydrogen (secondary N) is 1. The average Bonchev–Trinajstić information content (AvgIpc) is 1.58. The van der Waals surface area contributed by atoms with Crippen LogP contribution >= 0.6 is 0 Å². The van der Waals surface area contributed by atoms with Crippen LogP contribution in [-0.4, -0.2) is 290 Å². The molecule has 39 heteroatoms. The standard InChI is InChI=1S/C95H133N17O21S/c1-60-17-10-9-11-18-61(2)79(124-7)53-72-25-22-65(6)95(121,133-72)88(118)91(119)111-31-14-12-21-75(111)92(120)131-80(54-76(113)62(3)48-64(5)86(116)87(117)85(115)63(4)47-60)73(96)50-66-23-26-78(81(51-66)125-8)130-58-67-19-16-20-68(49-67)70-55-100-94(101-56-70)108-33-35-110(36-34-108)134(122,123)46-29-71-57-109(107-105-71)37-39-127-41-43-129-45-44-128-42-40-126-38-28-82(114)99-30-13-15-32-112-90-83(89(97)102-59-103-90)84(106-112)69-24-27-77-74(52-69)104-93(98)132-77/h9-11,16-20,24,27,48-49,52,55-57,59-60,62-63,65-66,72-73,75,78-81,86-87,116-117,121H,12-15,21-23,25-26,28-47,50-51,53-54,58,96H2,1-8H3,(H2,98,104)(H,99,114)(H2,97,102,103)/b11-9?,17-10+,61-18?,64-48+/t60-,62-,63-,65-,66+,72+,73-,75+,78-,79+,80+,81-,86-,87+,95-/m1/s1. The lowest BCUT2D eigenvalue weighted by atomic mass is 9.80. The van der Waals surface area contributed by atoms with Crippen LogP contribution < -0.4 is 27.4 Å². The van der Waals surface area contributed by atoms with Gasteiger partial charge in [0.2, 0.25) is 27.7 Å². The van der Waals surface area contributed by atoms with E-state index < -0.39 is 105 Å². The molecule has 0 radical (unpaired) electrons. The molecule has 10 N–H and O–H groups in total. The number of aliphatic hydroxyl groups is 3. The van der Waals surface area contributed by atoms with Crippen LogP contribution in [0.5, 0.6) is 0 Å². The number of rotatable bonds is 35. The number of benzene rings is 2. The molecular weight excluding hydrogens is 1750 g/mol. The van der Waals surface area contributed by atoms with E-state index in [0.29, 0.717) is 182 Å². The molecule has 9 heterocycles. The van der Waals surface area contributed by atoms with Crippen LogP contribution in [0.3, 0.4) is 0 Å². The van der Waals surface area contributed by atoms with E-state index in [9.17, 15) is 52.5 Å². The number of ether oxygens (including phenoxy) is 9. The molecule has 1 saturated carbocycles. The summed E-state index contributed by atoms with van der Waals surface area (Å²) in [5.74, 6) is -8.58. The molecule has 7 aromatic rings. The molecule has 134 heavy (non-hydrogen) atoms. The second-order valence-corrected chi connectivity index (χ2v) is 37.9. The Labute approximate surface area is 781 Å². The fourth-order valence-corrected chi connectivity index (χ4v) is 19.3. The number of anilines is 3. The fraction of sp³-hybridized carbons (Fsp3) is 0.600. The number of oxazole rings is 1. The van der Waals surface area contributed by atoms with E-state index in [1.807, 2.05) is 85.5 Å². The van der Waals surface area contributed by atoms with Crippen molar-refractivity contribution in [1.82, 2.24) is 64.2 Å². The molecule has 3 saturated heterocycles. The van der Waals surface area contributed by atoms with Crippen molar-refractivity contribution in [3.63, 3.8) is 0 Å². The number of nitrogens with zero attached hydrogens (tertiary/aromatic N) is 13. The highest BCUT2D eigenvalue weighted by molar-refractivity contribution is 7.89. The average molecular weight is 1880 g/mol. The van der Waals surface area contributed by atoms with E-state index in [-0.39, 0.29) is 119 Å². The highest BCUT2D eigenvalue weighted by Crippen LogP contribution is 2.40. The van der Waals surface area contributed by atoms with Crippen LogP contribution in [0.4, 0.5) is 17.8 Å². The molecule has 15 atom stereocenters. The van der Waals surface area contributed by atoms with Crippen LogP contribution in [0, 0.1) is 29.6 Å². The molecule has 0 unspecified atom stereocenters. The van der Waals surface area contributed by atoms with E-state index in [1.165, 1.54) is 23.6 Å². The van der Waals surface area contributed by atoms with Gasteiger partial charge in [-0.15, -0.1) is 5.10 Å². The Bertz CT molecular complexity index is 5310. The van der Waals surface area contributed by atoms with Gasteiger partial charge in [-0.05, 0) is 149 Å². The van der Waals surface area contributed by atoms with Gasteiger partial charge in [0.25, 0.3) is 17.7 Å². The van der Waals surface area contributed by atoms with Gasteiger partial charge < -0.3 is 94.7 Å². The van der Waals surface area contributed by atoms with Crippen LogP contribution in [0.2, 0.25) is 0 Å². The predicted octanol–water partition coefficient (Wildman–Crippen LogP) is 7.35. The smallest absolute Gasteiger partial charge is 0.329 e. The number of unbranched alkanes of at least 4 members (excludes halogenated alkanes) is 1. The number of piperidine rings is 1. The fourth-order valence-electron chi connectivity index (χ4n) is 17.9. The zero-order valence-electron chi connectivity index (χ0n) is 78.1. The highest BCUT2D eigenvalue weighted by atomic mass is 32.2. The third-order valence-corrected chi connectivity index (χ3v) is 27.7. The number of hydrogen-bond donors (Lipinski definition) is 7. The van der Waals surface area contributed by atoms with E-state index in [4.69, 9.17) is 79.3 Å². The molecule has 0 spiro atoms. The van der Waals surface area contributed by atoms with Gasteiger partial charge in [-0.3, -0.25) is 24.0 Å². The summed E-state index contributed by atoms with van der Waals surface area (Å²) in [6, 6.07) is 11.2. The second-order valence-electron chi connectivity index (χ2n) is 35.8.